The number of nitrogens with zero attached hydrogens (tertiary/aromatic N) is 4. The molecule has 20 heavy (non-hydrogen) atoms. The fraction of sp³-hybridized carbons (Fsp3) is 0.692. The van der Waals surface area contributed by atoms with Gasteiger partial charge in [-0.1, -0.05) is 11.3 Å². The molecule has 1 aliphatic heterocycles. The smallest absolute Gasteiger partial charge is 0.214 e. The predicted molar refractivity (Wildman–Crippen MR) is 78.2 cm³/mol. The second-order valence-corrected chi connectivity index (χ2v) is 6.54. The van der Waals surface area contributed by atoms with Crippen LogP contribution in [-0.4, -0.2) is 52.3 Å². The highest BCUT2D eigenvalue weighted by atomic mass is 32.1. The largest absolute Gasteiger partial charge is 0.379 e. The standard InChI is InChI=1S/C13H19N5OS/c1-2-10(1)7-14-12-16-18-9-11(15-13(18)20-12)8-17-3-5-19-6-4-17/h9-10H,1-8H2,(H,14,16). The van der Waals surface area contributed by atoms with Crippen molar-refractivity contribution < 1.29 is 4.74 Å². The molecule has 3 heterocycles. The average Bonchev–Trinajstić information content (AvgIpc) is 3.10. The van der Waals surface area contributed by atoms with Gasteiger partial charge in [-0.25, -0.2) is 9.50 Å². The van der Waals surface area contributed by atoms with Crippen LogP contribution in [-0.2, 0) is 11.3 Å². The molecule has 4 rings (SSSR count). The van der Waals surface area contributed by atoms with Gasteiger partial charge in [-0.15, -0.1) is 5.10 Å². The van der Waals surface area contributed by atoms with Crippen molar-refractivity contribution in [2.45, 2.75) is 19.4 Å². The number of hydrogen-bond donors (Lipinski definition) is 1. The fourth-order valence-electron chi connectivity index (χ4n) is 2.43. The summed E-state index contributed by atoms with van der Waals surface area (Å²) in [5.74, 6) is 0.864. The second kappa shape index (κ2) is 5.31. The number of morpholine rings is 1. The third-order valence-electron chi connectivity index (χ3n) is 3.82. The maximum Gasteiger partial charge on any atom is 0.214 e. The highest BCUT2D eigenvalue weighted by molar-refractivity contribution is 7.20. The Balaban J connectivity index is 1.41. The molecule has 0 aromatic carbocycles. The van der Waals surface area contributed by atoms with Gasteiger partial charge in [0.25, 0.3) is 0 Å². The maximum absolute atomic E-state index is 5.36. The Morgan fingerprint density at radius 1 is 1.35 bits per heavy atom. The molecular formula is C13H19N5OS. The lowest BCUT2D eigenvalue weighted by Gasteiger charge is -2.25. The highest BCUT2D eigenvalue weighted by Crippen LogP contribution is 2.29. The van der Waals surface area contributed by atoms with Crippen LogP contribution in [0.25, 0.3) is 4.96 Å². The van der Waals surface area contributed by atoms with Crippen LogP contribution in [0.2, 0.25) is 0 Å². The monoisotopic (exact) mass is 293 g/mol. The van der Waals surface area contributed by atoms with E-state index in [-0.39, 0.29) is 0 Å². The lowest BCUT2D eigenvalue weighted by molar-refractivity contribution is 0.0337. The molecule has 1 saturated heterocycles. The van der Waals surface area contributed by atoms with Gasteiger partial charge in [0.2, 0.25) is 10.1 Å². The van der Waals surface area contributed by atoms with Gasteiger partial charge in [-0.2, -0.15) is 0 Å². The summed E-state index contributed by atoms with van der Waals surface area (Å²) in [5.41, 5.74) is 1.10. The number of rotatable bonds is 5. The van der Waals surface area contributed by atoms with Crippen LogP contribution in [0.5, 0.6) is 0 Å². The van der Waals surface area contributed by atoms with Crippen LogP contribution in [0.4, 0.5) is 5.13 Å². The van der Waals surface area contributed by atoms with Crippen molar-refractivity contribution in [3.63, 3.8) is 0 Å². The van der Waals surface area contributed by atoms with E-state index in [1.807, 2.05) is 10.7 Å². The lowest BCUT2D eigenvalue weighted by atomic mass is 10.3. The number of anilines is 1. The number of imidazole rings is 1. The Hall–Kier alpha value is -1.18. The Kier molecular flexibility index (Phi) is 3.33. The molecule has 2 fully saturated rings. The molecule has 1 saturated carbocycles. The molecule has 6 nitrogen and oxygen atoms in total. The normalized spacial score (nSPS) is 20.6. The molecule has 2 aromatic rings. The summed E-state index contributed by atoms with van der Waals surface area (Å²) in [6, 6.07) is 0. The van der Waals surface area contributed by atoms with Crippen molar-refractivity contribution in [1.29, 1.82) is 0 Å². The molecule has 0 amide bonds. The van der Waals surface area contributed by atoms with Crippen molar-refractivity contribution in [3.8, 4) is 0 Å². The molecule has 1 N–H and O–H groups in total. The molecular weight excluding hydrogens is 274 g/mol. The van der Waals surface area contributed by atoms with E-state index < -0.39 is 0 Å². The Morgan fingerprint density at radius 3 is 2.95 bits per heavy atom. The zero-order valence-corrected chi connectivity index (χ0v) is 12.2. The Bertz CT molecular complexity index is 553. The first-order valence-electron chi connectivity index (χ1n) is 7.26. The zero-order valence-electron chi connectivity index (χ0n) is 11.4. The summed E-state index contributed by atoms with van der Waals surface area (Å²) in [7, 11) is 0. The first kappa shape index (κ1) is 12.6. The van der Waals surface area contributed by atoms with E-state index >= 15 is 0 Å². The first-order chi connectivity index (χ1) is 9.87. The van der Waals surface area contributed by atoms with Crippen LogP contribution < -0.4 is 5.32 Å². The zero-order chi connectivity index (χ0) is 13.4. The van der Waals surface area contributed by atoms with Crippen molar-refractivity contribution in [1.82, 2.24) is 19.5 Å². The molecule has 0 radical (unpaired) electrons. The van der Waals surface area contributed by atoms with Gasteiger partial charge in [-0.05, 0) is 18.8 Å². The molecule has 1 aliphatic carbocycles. The summed E-state index contributed by atoms with van der Waals surface area (Å²) >= 11 is 1.64. The van der Waals surface area contributed by atoms with E-state index in [0.29, 0.717) is 0 Å². The molecule has 2 aromatic heterocycles. The molecule has 2 aliphatic rings. The minimum atomic E-state index is 0.829. The van der Waals surface area contributed by atoms with Gasteiger partial charge in [0, 0.05) is 26.2 Å². The number of nitrogens with one attached hydrogen (secondary N) is 1. The SMILES string of the molecule is c1c(CN2CCOCC2)nc2sc(NCC3CC3)nn12. The molecule has 7 heteroatoms. The molecule has 0 spiro atoms. The van der Waals surface area contributed by atoms with Gasteiger partial charge in [0.05, 0.1) is 25.1 Å². The van der Waals surface area contributed by atoms with Gasteiger partial charge in [0.1, 0.15) is 0 Å². The van der Waals surface area contributed by atoms with E-state index in [1.54, 1.807) is 11.3 Å². The topological polar surface area (TPSA) is 54.7 Å². The van der Waals surface area contributed by atoms with E-state index in [4.69, 9.17) is 4.74 Å². The summed E-state index contributed by atoms with van der Waals surface area (Å²) in [4.78, 5) is 8.02. The molecule has 0 unspecified atom stereocenters. The van der Waals surface area contributed by atoms with E-state index in [2.05, 4.69) is 20.3 Å². The van der Waals surface area contributed by atoms with E-state index in [9.17, 15) is 0 Å². The quantitative estimate of drug-likeness (QED) is 0.904. The number of hydrogen-bond acceptors (Lipinski definition) is 6. The Morgan fingerprint density at radius 2 is 2.20 bits per heavy atom. The summed E-state index contributed by atoms with van der Waals surface area (Å²) in [5, 5.41) is 8.93. The van der Waals surface area contributed by atoms with Crippen LogP contribution in [0.3, 0.4) is 0 Å². The molecule has 108 valence electrons. The average molecular weight is 293 g/mol. The van der Waals surface area contributed by atoms with Gasteiger partial charge < -0.3 is 10.1 Å². The van der Waals surface area contributed by atoms with E-state index in [1.165, 1.54) is 12.8 Å². The molecule has 0 atom stereocenters. The summed E-state index contributed by atoms with van der Waals surface area (Å²) in [6.45, 7) is 5.59. The van der Waals surface area contributed by atoms with Crippen LogP contribution >= 0.6 is 11.3 Å². The lowest BCUT2D eigenvalue weighted by Crippen LogP contribution is -2.35. The second-order valence-electron chi connectivity index (χ2n) is 5.58. The van der Waals surface area contributed by atoms with Gasteiger partial charge in [-0.3, -0.25) is 4.90 Å². The van der Waals surface area contributed by atoms with Crippen LogP contribution in [0, 0.1) is 5.92 Å². The van der Waals surface area contributed by atoms with Gasteiger partial charge in [0.15, 0.2) is 0 Å². The third kappa shape index (κ3) is 2.79. The van der Waals surface area contributed by atoms with E-state index in [0.717, 1.165) is 61.1 Å². The highest BCUT2D eigenvalue weighted by Gasteiger charge is 2.21. The maximum atomic E-state index is 5.36. The fourth-order valence-corrected chi connectivity index (χ4v) is 3.24. The number of fused-ring (bicyclic) bond motifs is 1. The minimum absolute atomic E-state index is 0.829. The van der Waals surface area contributed by atoms with Crippen LogP contribution in [0.15, 0.2) is 6.20 Å². The number of ether oxygens (including phenoxy) is 1. The predicted octanol–water partition coefficient (Wildman–Crippen LogP) is 1.44. The molecule has 0 bridgehead atoms. The minimum Gasteiger partial charge on any atom is -0.379 e. The summed E-state index contributed by atoms with van der Waals surface area (Å²) < 4.78 is 7.26. The third-order valence-corrected chi connectivity index (χ3v) is 4.70. The van der Waals surface area contributed by atoms with Crippen LogP contribution in [0.1, 0.15) is 18.5 Å². The van der Waals surface area contributed by atoms with Crippen molar-refractivity contribution in [3.05, 3.63) is 11.9 Å². The Labute approximate surface area is 121 Å². The van der Waals surface area contributed by atoms with Crippen molar-refractivity contribution >= 4 is 21.4 Å². The van der Waals surface area contributed by atoms with Crippen molar-refractivity contribution in [2.75, 3.05) is 38.2 Å². The first-order valence-corrected chi connectivity index (χ1v) is 8.07. The number of aromatic nitrogens is 3. The summed E-state index contributed by atoms with van der Waals surface area (Å²) in [6.07, 6.45) is 4.77. The van der Waals surface area contributed by atoms with Gasteiger partial charge >= 0.3 is 0 Å². The van der Waals surface area contributed by atoms with Crippen molar-refractivity contribution in [2.24, 2.45) is 5.92 Å².